The molecule has 2 aromatic rings. The molecule has 1 atom stereocenters. The third-order valence-corrected chi connectivity index (χ3v) is 6.57. The lowest BCUT2D eigenvalue weighted by atomic mass is 9.71. The van der Waals surface area contributed by atoms with E-state index in [-0.39, 0.29) is 12.4 Å². The molecule has 0 saturated heterocycles. The highest BCUT2D eigenvalue weighted by Crippen LogP contribution is 2.42. The van der Waals surface area contributed by atoms with Crippen LogP contribution in [-0.2, 0) is 18.6 Å². The zero-order chi connectivity index (χ0) is 17.8. The van der Waals surface area contributed by atoms with Gasteiger partial charge >= 0.3 is 0 Å². The molecule has 1 heterocycles. The minimum atomic E-state index is -0.682. The van der Waals surface area contributed by atoms with Crippen LogP contribution in [0.25, 0.3) is 0 Å². The summed E-state index contributed by atoms with van der Waals surface area (Å²) < 4.78 is 0. The Hall–Kier alpha value is -1.35. The van der Waals surface area contributed by atoms with Gasteiger partial charge in [-0.25, -0.2) is 0 Å². The summed E-state index contributed by atoms with van der Waals surface area (Å²) in [5, 5.41) is 11.8. The Morgan fingerprint density at radius 2 is 1.56 bits per heavy atom. The molecular weight excluding hydrogens is 354 g/mol. The van der Waals surface area contributed by atoms with Crippen LogP contribution < -0.4 is 0 Å². The molecule has 4 rings (SSSR count). The second kappa shape index (κ2) is 9.23. The van der Waals surface area contributed by atoms with Gasteiger partial charge in [0, 0.05) is 19.6 Å². The van der Waals surface area contributed by atoms with Crippen LogP contribution in [0.2, 0.25) is 0 Å². The number of hydrogen-bond donors (Lipinski definition) is 1. The Kier molecular flexibility index (Phi) is 6.97. The zero-order valence-electron chi connectivity index (χ0n) is 16.1. The van der Waals surface area contributed by atoms with Crippen LogP contribution in [0.5, 0.6) is 0 Å². The van der Waals surface area contributed by atoms with Crippen molar-refractivity contribution in [2.24, 2.45) is 5.92 Å². The maximum absolute atomic E-state index is 11.8. The molecule has 146 valence electrons. The van der Waals surface area contributed by atoms with Crippen molar-refractivity contribution in [3.63, 3.8) is 0 Å². The lowest BCUT2D eigenvalue weighted by molar-refractivity contribution is -0.0528. The summed E-state index contributed by atoms with van der Waals surface area (Å²) in [6.07, 6.45) is 8.13. The van der Waals surface area contributed by atoms with E-state index >= 15 is 0 Å². The Morgan fingerprint density at radius 1 is 0.889 bits per heavy atom. The highest BCUT2D eigenvalue weighted by molar-refractivity contribution is 5.85. The van der Waals surface area contributed by atoms with Crippen LogP contribution in [-0.4, -0.2) is 23.1 Å². The van der Waals surface area contributed by atoms with Gasteiger partial charge in [0.05, 0.1) is 5.60 Å². The minimum absolute atomic E-state index is 0. The van der Waals surface area contributed by atoms with Crippen molar-refractivity contribution in [3.05, 3.63) is 71.3 Å². The number of fused-ring (bicyclic) bond motifs is 1. The lowest BCUT2D eigenvalue weighted by Gasteiger charge is -2.41. The first-order valence-corrected chi connectivity index (χ1v) is 10.3. The summed E-state index contributed by atoms with van der Waals surface area (Å²) in [5.74, 6) is 0.399. The molecular formula is C24H32ClNO. The number of rotatable bonds is 5. The van der Waals surface area contributed by atoms with Crippen molar-refractivity contribution >= 4 is 12.4 Å². The largest absolute Gasteiger partial charge is 0.385 e. The quantitative estimate of drug-likeness (QED) is 0.752. The molecule has 1 N–H and O–H groups in total. The second-order valence-electron chi connectivity index (χ2n) is 8.17. The van der Waals surface area contributed by atoms with Crippen molar-refractivity contribution in [1.82, 2.24) is 4.90 Å². The molecule has 2 aliphatic rings. The van der Waals surface area contributed by atoms with Crippen molar-refractivity contribution in [3.8, 4) is 0 Å². The van der Waals surface area contributed by atoms with Gasteiger partial charge in [0.15, 0.2) is 0 Å². The first-order chi connectivity index (χ1) is 12.8. The Balaban J connectivity index is 0.00000210. The molecule has 1 aliphatic carbocycles. The van der Waals surface area contributed by atoms with E-state index in [4.69, 9.17) is 0 Å². The van der Waals surface area contributed by atoms with E-state index in [0.717, 1.165) is 50.9 Å². The highest BCUT2D eigenvalue weighted by Gasteiger charge is 2.39. The van der Waals surface area contributed by atoms with Crippen LogP contribution in [0.4, 0.5) is 0 Å². The molecule has 3 heteroatoms. The van der Waals surface area contributed by atoms with Gasteiger partial charge in [-0.2, -0.15) is 0 Å². The molecule has 27 heavy (non-hydrogen) atoms. The molecule has 1 saturated carbocycles. The van der Waals surface area contributed by atoms with Crippen molar-refractivity contribution in [1.29, 1.82) is 0 Å². The number of hydrogen-bond acceptors (Lipinski definition) is 2. The average molecular weight is 386 g/mol. The topological polar surface area (TPSA) is 23.5 Å². The number of nitrogens with zero attached hydrogens (tertiary/aromatic N) is 1. The Labute approximate surface area is 170 Å². The molecule has 0 amide bonds. The predicted octanol–water partition coefficient (Wildman–Crippen LogP) is 5.32. The molecule has 1 fully saturated rings. The summed E-state index contributed by atoms with van der Waals surface area (Å²) in [4.78, 5) is 2.53. The van der Waals surface area contributed by atoms with Gasteiger partial charge in [-0.3, -0.25) is 4.90 Å². The fraction of sp³-hybridized carbons (Fsp3) is 0.500. The molecule has 1 unspecified atom stereocenters. The average Bonchev–Trinajstić information content (AvgIpc) is 2.73. The van der Waals surface area contributed by atoms with Gasteiger partial charge in [0.25, 0.3) is 0 Å². The van der Waals surface area contributed by atoms with Crippen LogP contribution in [0, 0.1) is 5.92 Å². The standard InChI is InChI=1S/C24H31NO.ClH/c26-24(22-11-3-1-4-12-22,23-13-5-2-6-14-23)16-18-25-17-15-20-9-7-8-10-21(20)19-25;/h1,3-4,7-12,23,26H,2,5-6,13-19H2;1H. The van der Waals surface area contributed by atoms with Gasteiger partial charge in [-0.05, 0) is 48.3 Å². The van der Waals surface area contributed by atoms with Crippen LogP contribution in [0.15, 0.2) is 54.6 Å². The van der Waals surface area contributed by atoms with Crippen molar-refractivity contribution in [2.45, 2.75) is 57.1 Å². The van der Waals surface area contributed by atoms with Crippen molar-refractivity contribution < 1.29 is 5.11 Å². The van der Waals surface area contributed by atoms with E-state index in [1.807, 2.05) is 6.07 Å². The monoisotopic (exact) mass is 385 g/mol. The molecule has 0 bridgehead atoms. The fourth-order valence-corrected chi connectivity index (χ4v) is 4.96. The number of benzene rings is 2. The molecule has 0 radical (unpaired) electrons. The Morgan fingerprint density at radius 3 is 2.30 bits per heavy atom. The fourth-order valence-electron chi connectivity index (χ4n) is 4.96. The van der Waals surface area contributed by atoms with E-state index in [2.05, 4.69) is 53.4 Å². The first-order valence-electron chi connectivity index (χ1n) is 10.3. The predicted molar refractivity (Wildman–Crippen MR) is 114 cm³/mol. The number of aliphatic hydroxyl groups is 1. The van der Waals surface area contributed by atoms with Crippen LogP contribution in [0.3, 0.4) is 0 Å². The third kappa shape index (κ3) is 4.56. The van der Waals surface area contributed by atoms with E-state index in [1.165, 1.54) is 30.4 Å². The van der Waals surface area contributed by atoms with Crippen molar-refractivity contribution in [2.75, 3.05) is 13.1 Å². The summed E-state index contributed by atoms with van der Waals surface area (Å²) in [6.45, 7) is 3.09. The van der Waals surface area contributed by atoms with E-state index in [0.29, 0.717) is 5.92 Å². The number of halogens is 1. The van der Waals surface area contributed by atoms with E-state index in [1.54, 1.807) is 0 Å². The molecule has 2 aromatic carbocycles. The summed E-state index contributed by atoms with van der Waals surface area (Å²) in [5.41, 5.74) is 3.39. The van der Waals surface area contributed by atoms with Gasteiger partial charge in [-0.1, -0.05) is 73.9 Å². The van der Waals surface area contributed by atoms with Gasteiger partial charge < -0.3 is 5.11 Å². The smallest absolute Gasteiger partial charge is 0.0936 e. The normalized spacial score (nSPS) is 20.3. The van der Waals surface area contributed by atoms with Gasteiger partial charge in [-0.15, -0.1) is 12.4 Å². The maximum atomic E-state index is 11.8. The molecule has 2 nitrogen and oxygen atoms in total. The van der Waals surface area contributed by atoms with E-state index in [9.17, 15) is 5.11 Å². The third-order valence-electron chi connectivity index (χ3n) is 6.57. The Bertz CT molecular complexity index is 713. The van der Waals surface area contributed by atoms with Crippen LogP contribution in [0.1, 0.15) is 55.2 Å². The summed E-state index contributed by atoms with van der Waals surface area (Å²) >= 11 is 0. The zero-order valence-corrected chi connectivity index (χ0v) is 17.0. The first kappa shape index (κ1) is 20.4. The minimum Gasteiger partial charge on any atom is -0.385 e. The van der Waals surface area contributed by atoms with Gasteiger partial charge in [0.1, 0.15) is 0 Å². The van der Waals surface area contributed by atoms with E-state index < -0.39 is 5.60 Å². The molecule has 1 aliphatic heterocycles. The summed E-state index contributed by atoms with van der Waals surface area (Å²) in [7, 11) is 0. The lowest BCUT2D eigenvalue weighted by Crippen LogP contribution is -2.41. The van der Waals surface area contributed by atoms with Crippen LogP contribution >= 0.6 is 12.4 Å². The highest BCUT2D eigenvalue weighted by atomic mass is 35.5. The SMILES string of the molecule is Cl.OC(CCN1CCc2ccccc2C1)(c1ccccc1)C1CCCCC1. The molecule has 0 spiro atoms. The molecule has 0 aromatic heterocycles. The van der Waals surface area contributed by atoms with Gasteiger partial charge in [0.2, 0.25) is 0 Å². The summed E-state index contributed by atoms with van der Waals surface area (Å²) in [6, 6.07) is 19.2. The second-order valence-corrected chi connectivity index (χ2v) is 8.17. The maximum Gasteiger partial charge on any atom is 0.0936 e.